The van der Waals surface area contributed by atoms with Crippen LogP contribution in [0.5, 0.6) is 0 Å². The van der Waals surface area contributed by atoms with E-state index in [1.165, 1.54) is 0 Å². The summed E-state index contributed by atoms with van der Waals surface area (Å²) in [7, 11) is -3.90. The van der Waals surface area contributed by atoms with Crippen molar-refractivity contribution in [3.63, 3.8) is 0 Å². The minimum absolute atomic E-state index is 0.0173. The number of carbonyl (C=O) groups excluding carboxylic acids is 1. The maximum Gasteiger partial charge on any atom is 0.245 e. The molecule has 2 saturated heterocycles. The molecule has 2 aliphatic rings. The third-order valence-electron chi connectivity index (χ3n) is 5.52. The van der Waals surface area contributed by atoms with E-state index in [1.807, 2.05) is 0 Å². The van der Waals surface area contributed by atoms with Crippen LogP contribution in [0.25, 0.3) is 0 Å². The Balaban J connectivity index is 1.77. The number of nitrogens with one attached hydrogen (secondary N) is 1. The minimum Gasteiger partial charge on any atom is -0.371 e. The molecule has 3 rings (SSSR count). The lowest BCUT2D eigenvalue weighted by Gasteiger charge is -2.37. The molecule has 2 aliphatic heterocycles. The van der Waals surface area contributed by atoms with Crippen LogP contribution in [0.3, 0.4) is 0 Å². The number of amides is 1. The number of anilines is 1. The van der Waals surface area contributed by atoms with Gasteiger partial charge in [-0.15, -0.1) is 0 Å². The van der Waals surface area contributed by atoms with Crippen LogP contribution in [0.2, 0.25) is 0 Å². The third kappa shape index (κ3) is 4.78. The Kier molecular flexibility index (Phi) is 6.27. The standard InChI is InChI=1S/C19H24F2N4O3S/c1-29(27,28)18-11-14(20)17(10-15(18)21)23-16-4-2-3-7-25(19(16)26)13-5-8-24(12-22)9-6-13/h10-11,13,16,23H,2-9H2,1H3. The van der Waals surface area contributed by atoms with Gasteiger partial charge in [0.05, 0.1) is 5.69 Å². The summed E-state index contributed by atoms with van der Waals surface area (Å²) in [5, 5.41) is 11.8. The molecule has 2 heterocycles. The highest BCUT2D eigenvalue weighted by molar-refractivity contribution is 7.90. The fourth-order valence-corrected chi connectivity index (χ4v) is 4.68. The summed E-state index contributed by atoms with van der Waals surface area (Å²) in [5.74, 6) is -2.15. The van der Waals surface area contributed by atoms with Gasteiger partial charge in [-0.05, 0) is 38.2 Å². The summed E-state index contributed by atoms with van der Waals surface area (Å²) < 4.78 is 51.7. The zero-order valence-electron chi connectivity index (χ0n) is 16.2. The Morgan fingerprint density at radius 2 is 1.79 bits per heavy atom. The van der Waals surface area contributed by atoms with Gasteiger partial charge in [0.1, 0.15) is 22.6 Å². The number of halogens is 2. The molecule has 0 spiro atoms. The number of carbonyl (C=O) groups is 1. The first-order valence-corrected chi connectivity index (χ1v) is 11.5. The highest BCUT2D eigenvalue weighted by atomic mass is 32.2. The van der Waals surface area contributed by atoms with E-state index in [2.05, 4.69) is 11.5 Å². The van der Waals surface area contributed by atoms with E-state index in [-0.39, 0.29) is 17.6 Å². The van der Waals surface area contributed by atoms with Gasteiger partial charge < -0.3 is 15.1 Å². The van der Waals surface area contributed by atoms with Gasteiger partial charge in [-0.3, -0.25) is 4.79 Å². The Hall–Kier alpha value is -2.41. The van der Waals surface area contributed by atoms with Crippen LogP contribution in [0.4, 0.5) is 14.5 Å². The molecule has 1 atom stereocenters. The number of likely N-dealkylation sites (tertiary alicyclic amines) is 2. The normalized spacial score (nSPS) is 21.6. The van der Waals surface area contributed by atoms with Gasteiger partial charge >= 0.3 is 0 Å². The first-order valence-electron chi connectivity index (χ1n) is 9.61. The lowest BCUT2D eigenvalue weighted by Crippen LogP contribution is -2.50. The lowest BCUT2D eigenvalue weighted by molar-refractivity contribution is -0.134. The second-order valence-corrected chi connectivity index (χ2v) is 9.56. The Morgan fingerprint density at radius 1 is 1.10 bits per heavy atom. The van der Waals surface area contributed by atoms with E-state index in [9.17, 15) is 22.0 Å². The molecule has 0 bridgehead atoms. The van der Waals surface area contributed by atoms with Crippen molar-refractivity contribution in [2.45, 2.75) is 49.1 Å². The largest absolute Gasteiger partial charge is 0.371 e. The van der Waals surface area contributed by atoms with E-state index in [0.717, 1.165) is 25.2 Å². The van der Waals surface area contributed by atoms with Gasteiger partial charge in [-0.2, -0.15) is 5.26 Å². The van der Waals surface area contributed by atoms with Gasteiger partial charge in [0.25, 0.3) is 0 Å². The highest BCUT2D eigenvalue weighted by Crippen LogP contribution is 2.27. The fourth-order valence-electron chi connectivity index (χ4n) is 3.95. The monoisotopic (exact) mass is 426 g/mol. The number of hydrogen-bond donors (Lipinski definition) is 1. The molecule has 158 valence electrons. The fraction of sp³-hybridized carbons (Fsp3) is 0.579. The third-order valence-corrected chi connectivity index (χ3v) is 6.63. The Bertz CT molecular complexity index is 924. The molecule has 0 aromatic heterocycles. The summed E-state index contributed by atoms with van der Waals surface area (Å²) in [6.07, 6.45) is 6.35. The molecular formula is C19H24F2N4O3S. The number of hydrogen-bond acceptors (Lipinski definition) is 6. The average molecular weight is 426 g/mol. The number of nitriles is 1. The van der Waals surface area contributed by atoms with Crippen molar-refractivity contribution in [3.8, 4) is 6.19 Å². The summed E-state index contributed by atoms with van der Waals surface area (Å²) in [6, 6.07) is 0.733. The maximum absolute atomic E-state index is 14.4. The van der Waals surface area contributed by atoms with E-state index < -0.39 is 32.4 Å². The molecule has 0 saturated carbocycles. The second-order valence-electron chi connectivity index (χ2n) is 7.58. The number of benzene rings is 1. The molecule has 0 aliphatic carbocycles. The maximum atomic E-state index is 14.4. The summed E-state index contributed by atoms with van der Waals surface area (Å²) in [5.41, 5.74) is -0.227. The van der Waals surface area contributed by atoms with Crippen LogP contribution in [-0.4, -0.2) is 62.1 Å². The molecule has 1 unspecified atom stereocenters. The van der Waals surface area contributed by atoms with Crippen LogP contribution < -0.4 is 5.32 Å². The van der Waals surface area contributed by atoms with Crippen LogP contribution in [-0.2, 0) is 14.6 Å². The predicted octanol–water partition coefficient (Wildman–Crippen LogP) is 2.11. The summed E-state index contributed by atoms with van der Waals surface area (Å²) in [4.78, 5) is 15.8. The molecule has 7 nitrogen and oxygen atoms in total. The molecular weight excluding hydrogens is 402 g/mol. The summed E-state index contributed by atoms with van der Waals surface area (Å²) >= 11 is 0. The van der Waals surface area contributed by atoms with Crippen molar-refractivity contribution in [1.82, 2.24) is 9.80 Å². The molecule has 2 fully saturated rings. The van der Waals surface area contributed by atoms with E-state index in [4.69, 9.17) is 5.26 Å². The molecule has 1 aromatic carbocycles. The van der Waals surface area contributed by atoms with Crippen LogP contribution >= 0.6 is 0 Å². The smallest absolute Gasteiger partial charge is 0.245 e. The second kappa shape index (κ2) is 8.53. The molecule has 29 heavy (non-hydrogen) atoms. The van der Waals surface area contributed by atoms with E-state index >= 15 is 0 Å². The first-order chi connectivity index (χ1) is 13.7. The molecule has 0 radical (unpaired) electrons. The number of rotatable bonds is 4. The predicted molar refractivity (Wildman–Crippen MR) is 103 cm³/mol. The molecule has 1 amide bonds. The first kappa shape index (κ1) is 21.3. The quantitative estimate of drug-likeness (QED) is 0.742. The topological polar surface area (TPSA) is 93.5 Å². The van der Waals surface area contributed by atoms with Crippen LogP contribution in [0, 0.1) is 23.1 Å². The number of piperidine rings is 1. The highest BCUT2D eigenvalue weighted by Gasteiger charge is 2.34. The van der Waals surface area contributed by atoms with Crippen molar-refractivity contribution in [2.75, 3.05) is 31.2 Å². The van der Waals surface area contributed by atoms with Gasteiger partial charge in [-0.1, -0.05) is 0 Å². The van der Waals surface area contributed by atoms with Crippen LogP contribution in [0.15, 0.2) is 17.0 Å². The van der Waals surface area contributed by atoms with E-state index in [1.54, 1.807) is 9.80 Å². The van der Waals surface area contributed by atoms with Gasteiger partial charge in [-0.25, -0.2) is 17.2 Å². The lowest BCUT2D eigenvalue weighted by atomic mass is 10.0. The summed E-state index contributed by atoms with van der Waals surface area (Å²) in [6.45, 7) is 1.78. The Labute approximate surface area is 169 Å². The SMILES string of the molecule is CS(=O)(=O)c1cc(F)c(NC2CCCCN(C3CCN(C#N)CC3)C2=O)cc1F. The molecule has 1 aromatic rings. The zero-order chi connectivity index (χ0) is 21.2. The average Bonchev–Trinajstić information content (AvgIpc) is 2.85. The van der Waals surface area contributed by atoms with Gasteiger partial charge in [0.15, 0.2) is 16.0 Å². The van der Waals surface area contributed by atoms with Gasteiger partial charge in [0, 0.05) is 38.0 Å². The number of nitrogens with zero attached hydrogens (tertiary/aromatic N) is 3. The number of sulfone groups is 1. The molecule has 1 N–H and O–H groups in total. The minimum atomic E-state index is -3.90. The van der Waals surface area contributed by atoms with E-state index in [0.29, 0.717) is 45.0 Å². The van der Waals surface area contributed by atoms with Crippen molar-refractivity contribution in [2.24, 2.45) is 0 Å². The van der Waals surface area contributed by atoms with Crippen molar-refractivity contribution < 1.29 is 22.0 Å². The Morgan fingerprint density at radius 3 is 2.41 bits per heavy atom. The van der Waals surface area contributed by atoms with Crippen molar-refractivity contribution >= 4 is 21.4 Å². The van der Waals surface area contributed by atoms with Gasteiger partial charge in [0.2, 0.25) is 5.91 Å². The van der Waals surface area contributed by atoms with Crippen molar-refractivity contribution in [1.29, 1.82) is 5.26 Å². The zero-order valence-corrected chi connectivity index (χ0v) is 17.0. The van der Waals surface area contributed by atoms with Crippen LogP contribution in [0.1, 0.15) is 32.1 Å². The van der Waals surface area contributed by atoms with Crippen molar-refractivity contribution in [3.05, 3.63) is 23.8 Å². The molecule has 10 heteroatoms.